The molecule has 1 unspecified atom stereocenters. The van der Waals surface area contributed by atoms with Crippen LogP contribution in [0.25, 0.3) is 10.9 Å². The molecule has 118 valence electrons. The molecule has 2 N–H and O–H groups in total. The molecular formula is C19H20N2O2. The predicted octanol–water partition coefficient (Wildman–Crippen LogP) is 4.19. The molecule has 4 nitrogen and oxygen atoms in total. The van der Waals surface area contributed by atoms with Crippen molar-refractivity contribution in [1.29, 1.82) is 0 Å². The number of aryl methyl sites for hydroxylation is 1. The highest BCUT2D eigenvalue weighted by atomic mass is 16.5. The van der Waals surface area contributed by atoms with Crippen molar-refractivity contribution in [2.45, 2.75) is 19.9 Å². The third kappa shape index (κ3) is 3.21. The number of benzene rings is 2. The van der Waals surface area contributed by atoms with Gasteiger partial charge in [-0.1, -0.05) is 35.9 Å². The van der Waals surface area contributed by atoms with Gasteiger partial charge in [0.15, 0.2) is 6.04 Å². The lowest BCUT2D eigenvalue weighted by molar-refractivity contribution is -0.144. The van der Waals surface area contributed by atoms with E-state index in [4.69, 9.17) is 4.74 Å². The Bertz CT molecular complexity index is 806. The largest absolute Gasteiger partial charge is 0.464 e. The molecule has 2 aromatic carbocycles. The van der Waals surface area contributed by atoms with Gasteiger partial charge in [-0.05, 0) is 32.0 Å². The Hall–Kier alpha value is -2.75. The molecule has 0 bridgehead atoms. The van der Waals surface area contributed by atoms with E-state index in [2.05, 4.69) is 10.3 Å². The number of fused-ring (bicyclic) bond motifs is 1. The molecule has 0 fully saturated rings. The van der Waals surface area contributed by atoms with Gasteiger partial charge in [0.25, 0.3) is 0 Å². The van der Waals surface area contributed by atoms with Crippen LogP contribution in [0.5, 0.6) is 0 Å². The number of carbonyl (C=O) groups excluding carboxylic acids is 1. The SMILES string of the molecule is CCOC(=O)C(Nc1ccc(C)cc1)c1c[nH]c2ccccc12. The normalized spacial score (nSPS) is 12.1. The molecule has 0 saturated carbocycles. The van der Waals surface area contributed by atoms with Crippen LogP contribution in [0.3, 0.4) is 0 Å². The smallest absolute Gasteiger partial charge is 0.333 e. The molecule has 23 heavy (non-hydrogen) atoms. The molecule has 0 saturated heterocycles. The average Bonchev–Trinajstić information content (AvgIpc) is 2.98. The summed E-state index contributed by atoms with van der Waals surface area (Å²) in [6.45, 7) is 4.20. The van der Waals surface area contributed by atoms with E-state index < -0.39 is 6.04 Å². The Morgan fingerprint density at radius 2 is 1.91 bits per heavy atom. The second kappa shape index (κ2) is 6.57. The second-order valence-electron chi connectivity index (χ2n) is 5.49. The van der Waals surface area contributed by atoms with Crippen LogP contribution in [0.15, 0.2) is 54.7 Å². The van der Waals surface area contributed by atoms with Gasteiger partial charge in [0.1, 0.15) is 0 Å². The molecule has 0 spiro atoms. The number of aromatic nitrogens is 1. The van der Waals surface area contributed by atoms with Crippen LogP contribution >= 0.6 is 0 Å². The lowest BCUT2D eigenvalue weighted by Gasteiger charge is -2.18. The highest BCUT2D eigenvalue weighted by molar-refractivity contribution is 5.91. The van der Waals surface area contributed by atoms with Gasteiger partial charge >= 0.3 is 5.97 Å². The van der Waals surface area contributed by atoms with E-state index in [9.17, 15) is 4.79 Å². The first-order valence-corrected chi connectivity index (χ1v) is 7.75. The number of carbonyl (C=O) groups is 1. The first-order valence-electron chi connectivity index (χ1n) is 7.75. The maximum Gasteiger partial charge on any atom is 0.333 e. The number of esters is 1. The second-order valence-corrected chi connectivity index (χ2v) is 5.49. The minimum absolute atomic E-state index is 0.280. The van der Waals surface area contributed by atoms with Crippen LogP contribution < -0.4 is 5.32 Å². The Labute approximate surface area is 135 Å². The fourth-order valence-electron chi connectivity index (χ4n) is 2.64. The van der Waals surface area contributed by atoms with E-state index in [0.717, 1.165) is 22.2 Å². The number of rotatable bonds is 5. The summed E-state index contributed by atoms with van der Waals surface area (Å²) in [7, 11) is 0. The van der Waals surface area contributed by atoms with Gasteiger partial charge in [0, 0.05) is 28.4 Å². The van der Waals surface area contributed by atoms with Gasteiger partial charge in [-0.25, -0.2) is 4.79 Å². The van der Waals surface area contributed by atoms with Gasteiger partial charge in [0.2, 0.25) is 0 Å². The van der Waals surface area contributed by atoms with E-state index in [1.165, 1.54) is 5.56 Å². The number of H-pyrrole nitrogens is 1. The van der Waals surface area contributed by atoms with E-state index in [1.807, 2.05) is 68.6 Å². The van der Waals surface area contributed by atoms with Crippen molar-refractivity contribution in [3.05, 3.63) is 65.9 Å². The van der Waals surface area contributed by atoms with Crippen molar-refractivity contribution in [3.8, 4) is 0 Å². The minimum Gasteiger partial charge on any atom is -0.464 e. The number of hydrogen-bond acceptors (Lipinski definition) is 3. The molecule has 3 aromatic rings. The van der Waals surface area contributed by atoms with E-state index >= 15 is 0 Å². The lowest BCUT2D eigenvalue weighted by Crippen LogP contribution is -2.23. The molecule has 0 aliphatic rings. The topological polar surface area (TPSA) is 54.1 Å². The number of hydrogen-bond donors (Lipinski definition) is 2. The van der Waals surface area contributed by atoms with Crippen molar-refractivity contribution in [3.63, 3.8) is 0 Å². The zero-order valence-corrected chi connectivity index (χ0v) is 13.3. The summed E-state index contributed by atoms with van der Waals surface area (Å²) in [4.78, 5) is 15.7. The number of anilines is 1. The monoisotopic (exact) mass is 308 g/mol. The standard InChI is InChI=1S/C19H20N2O2/c1-3-23-19(22)18(21-14-10-8-13(2)9-11-14)16-12-20-17-7-5-4-6-15(16)17/h4-12,18,20-21H,3H2,1-2H3. The number of para-hydroxylation sites is 1. The van der Waals surface area contributed by atoms with E-state index in [-0.39, 0.29) is 5.97 Å². The molecule has 0 amide bonds. The fourth-order valence-corrected chi connectivity index (χ4v) is 2.64. The van der Waals surface area contributed by atoms with Crippen LogP contribution in [-0.2, 0) is 9.53 Å². The Morgan fingerprint density at radius 3 is 2.65 bits per heavy atom. The molecule has 0 aliphatic carbocycles. The summed E-state index contributed by atoms with van der Waals surface area (Å²) >= 11 is 0. The van der Waals surface area contributed by atoms with E-state index in [1.54, 1.807) is 0 Å². The van der Waals surface area contributed by atoms with Gasteiger partial charge in [-0.2, -0.15) is 0 Å². The first-order chi connectivity index (χ1) is 11.2. The number of aromatic amines is 1. The van der Waals surface area contributed by atoms with Crippen LogP contribution in [-0.4, -0.2) is 17.6 Å². The summed E-state index contributed by atoms with van der Waals surface area (Å²) in [5.41, 5.74) is 3.95. The zero-order valence-electron chi connectivity index (χ0n) is 13.3. The number of nitrogens with one attached hydrogen (secondary N) is 2. The van der Waals surface area contributed by atoms with Crippen LogP contribution in [0, 0.1) is 6.92 Å². The van der Waals surface area contributed by atoms with Crippen molar-refractivity contribution >= 4 is 22.6 Å². The Kier molecular flexibility index (Phi) is 4.33. The van der Waals surface area contributed by atoms with Crippen LogP contribution in [0.1, 0.15) is 24.1 Å². The van der Waals surface area contributed by atoms with Crippen LogP contribution in [0.4, 0.5) is 5.69 Å². The Morgan fingerprint density at radius 1 is 1.17 bits per heavy atom. The molecular weight excluding hydrogens is 288 g/mol. The molecule has 4 heteroatoms. The van der Waals surface area contributed by atoms with Crippen molar-refractivity contribution in [1.82, 2.24) is 4.98 Å². The number of ether oxygens (including phenoxy) is 1. The maximum absolute atomic E-state index is 12.5. The summed E-state index contributed by atoms with van der Waals surface area (Å²) in [5, 5.41) is 4.31. The summed E-state index contributed by atoms with van der Waals surface area (Å²) in [5.74, 6) is -0.280. The van der Waals surface area contributed by atoms with Gasteiger partial charge in [-0.3, -0.25) is 0 Å². The quantitative estimate of drug-likeness (QED) is 0.695. The molecule has 0 radical (unpaired) electrons. The molecule has 1 atom stereocenters. The van der Waals surface area contributed by atoms with E-state index in [0.29, 0.717) is 6.61 Å². The van der Waals surface area contributed by atoms with Gasteiger partial charge < -0.3 is 15.0 Å². The maximum atomic E-state index is 12.5. The van der Waals surface area contributed by atoms with Gasteiger partial charge in [-0.15, -0.1) is 0 Å². The lowest BCUT2D eigenvalue weighted by atomic mass is 10.1. The summed E-state index contributed by atoms with van der Waals surface area (Å²) in [6, 6.07) is 15.3. The van der Waals surface area contributed by atoms with Crippen molar-refractivity contribution in [2.75, 3.05) is 11.9 Å². The summed E-state index contributed by atoms with van der Waals surface area (Å²) in [6.07, 6.45) is 1.87. The Balaban J connectivity index is 1.98. The molecule has 1 heterocycles. The first kappa shape index (κ1) is 15.2. The third-order valence-corrected chi connectivity index (χ3v) is 3.82. The van der Waals surface area contributed by atoms with Crippen LogP contribution in [0.2, 0.25) is 0 Å². The molecule has 0 aliphatic heterocycles. The highest BCUT2D eigenvalue weighted by Gasteiger charge is 2.24. The van der Waals surface area contributed by atoms with Gasteiger partial charge in [0.05, 0.1) is 6.61 Å². The van der Waals surface area contributed by atoms with Crippen molar-refractivity contribution < 1.29 is 9.53 Å². The van der Waals surface area contributed by atoms with Crippen molar-refractivity contribution in [2.24, 2.45) is 0 Å². The fraction of sp³-hybridized carbons (Fsp3) is 0.211. The average molecular weight is 308 g/mol. The molecule has 3 rings (SSSR count). The minimum atomic E-state index is -0.547. The zero-order chi connectivity index (χ0) is 16.2. The molecule has 1 aromatic heterocycles. The third-order valence-electron chi connectivity index (χ3n) is 3.82. The highest BCUT2D eigenvalue weighted by Crippen LogP contribution is 2.28. The summed E-state index contributed by atoms with van der Waals surface area (Å²) < 4.78 is 5.26. The predicted molar refractivity (Wildman–Crippen MR) is 92.5 cm³/mol.